The van der Waals surface area contributed by atoms with Gasteiger partial charge in [-0.1, -0.05) is 24.3 Å². The molecule has 2 N–H and O–H groups in total. The molecule has 0 saturated heterocycles. The molecule has 1 amide bonds. The number of benzene rings is 1. The van der Waals surface area contributed by atoms with E-state index >= 15 is 0 Å². The lowest BCUT2D eigenvalue weighted by Gasteiger charge is -2.25. The van der Waals surface area contributed by atoms with Crippen LogP contribution < -0.4 is 10.0 Å². The molecule has 1 aliphatic heterocycles. The van der Waals surface area contributed by atoms with Gasteiger partial charge in [-0.2, -0.15) is 0 Å². The molecular formula is C14H14N2O3S2. The van der Waals surface area contributed by atoms with Gasteiger partial charge in [0.15, 0.2) is 0 Å². The fraction of sp³-hybridized carbons (Fsp3) is 0.214. The molecule has 0 aliphatic carbocycles. The SMILES string of the molecule is O=C1CC(CNS(=O)(=O)c2cccs2)c2ccccc2N1. The van der Waals surface area contributed by atoms with Crippen LogP contribution in [0.25, 0.3) is 0 Å². The van der Waals surface area contributed by atoms with Crippen LogP contribution in [-0.4, -0.2) is 20.9 Å². The molecule has 2 aromatic rings. The van der Waals surface area contributed by atoms with Crippen LogP contribution in [0.1, 0.15) is 17.9 Å². The number of para-hydroxylation sites is 1. The number of fused-ring (bicyclic) bond motifs is 1. The summed E-state index contributed by atoms with van der Waals surface area (Å²) in [6.07, 6.45) is 0.282. The molecule has 0 radical (unpaired) electrons. The number of hydrogen-bond donors (Lipinski definition) is 2. The quantitative estimate of drug-likeness (QED) is 0.905. The Labute approximate surface area is 127 Å². The first kappa shape index (κ1) is 14.2. The first-order chi connectivity index (χ1) is 10.1. The number of hydrogen-bond acceptors (Lipinski definition) is 4. The predicted molar refractivity (Wildman–Crippen MR) is 81.9 cm³/mol. The third kappa shape index (κ3) is 2.99. The summed E-state index contributed by atoms with van der Waals surface area (Å²) >= 11 is 1.17. The van der Waals surface area contributed by atoms with Crippen LogP contribution in [0.15, 0.2) is 46.0 Å². The molecule has 1 aromatic heterocycles. The van der Waals surface area contributed by atoms with E-state index < -0.39 is 10.0 Å². The zero-order chi connectivity index (χ0) is 14.9. The van der Waals surface area contributed by atoms with Gasteiger partial charge in [-0.3, -0.25) is 4.79 Å². The van der Waals surface area contributed by atoms with Crippen LogP contribution in [0.2, 0.25) is 0 Å². The molecular weight excluding hydrogens is 308 g/mol. The van der Waals surface area contributed by atoms with Gasteiger partial charge in [0, 0.05) is 24.6 Å². The van der Waals surface area contributed by atoms with Gasteiger partial charge in [0.05, 0.1) is 0 Å². The Bertz CT molecular complexity index is 754. The number of nitrogens with one attached hydrogen (secondary N) is 2. The van der Waals surface area contributed by atoms with E-state index in [1.807, 2.05) is 24.3 Å². The van der Waals surface area contributed by atoms with E-state index in [9.17, 15) is 13.2 Å². The molecule has 3 rings (SSSR count). The zero-order valence-electron chi connectivity index (χ0n) is 11.1. The molecule has 1 unspecified atom stereocenters. The van der Waals surface area contributed by atoms with Crippen molar-refractivity contribution in [1.82, 2.24) is 4.72 Å². The van der Waals surface area contributed by atoms with Crippen molar-refractivity contribution >= 4 is 33.0 Å². The first-order valence-corrected chi connectivity index (χ1v) is 8.84. The molecule has 21 heavy (non-hydrogen) atoms. The molecule has 0 spiro atoms. The number of anilines is 1. The molecule has 0 fully saturated rings. The van der Waals surface area contributed by atoms with Crippen LogP contribution in [0.3, 0.4) is 0 Å². The number of carbonyl (C=O) groups excluding carboxylic acids is 1. The van der Waals surface area contributed by atoms with Gasteiger partial charge in [0.2, 0.25) is 15.9 Å². The second-order valence-electron chi connectivity index (χ2n) is 4.82. The summed E-state index contributed by atoms with van der Waals surface area (Å²) in [6, 6.07) is 10.7. The van der Waals surface area contributed by atoms with E-state index in [0.29, 0.717) is 0 Å². The average Bonchev–Trinajstić information content (AvgIpc) is 2.99. The summed E-state index contributed by atoms with van der Waals surface area (Å²) in [4.78, 5) is 11.7. The molecule has 110 valence electrons. The van der Waals surface area contributed by atoms with Crippen molar-refractivity contribution < 1.29 is 13.2 Å². The maximum atomic E-state index is 12.1. The van der Waals surface area contributed by atoms with E-state index in [4.69, 9.17) is 0 Å². The van der Waals surface area contributed by atoms with Gasteiger partial charge >= 0.3 is 0 Å². The number of carbonyl (C=O) groups is 1. The molecule has 1 aliphatic rings. The maximum absolute atomic E-state index is 12.1. The van der Waals surface area contributed by atoms with Gasteiger partial charge in [-0.25, -0.2) is 13.1 Å². The summed E-state index contributed by atoms with van der Waals surface area (Å²) < 4.78 is 27.1. The Morgan fingerprint density at radius 3 is 2.81 bits per heavy atom. The highest BCUT2D eigenvalue weighted by molar-refractivity contribution is 7.91. The third-order valence-corrected chi connectivity index (χ3v) is 6.21. The lowest BCUT2D eigenvalue weighted by molar-refractivity contribution is -0.116. The average molecular weight is 322 g/mol. The zero-order valence-corrected chi connectivity index (χ0v) is 12.7. The highest BCUT2D eigenvalue weighted by Crippen LogP contribution is 2.31. The molecule has 0 saturated carbocycles. The van der Waals surface area contributed by atoms with E-state index in [0.717, 1.165) is 11.3 Å². The van der Waals surface area contributed by atoms with Gasteiger partial charge in [0.25, 0.3) is 0 Å². The lowest BCUT2D eigenvalue weighted by Crippen LogP contribution is -2.32. The van der Waals surface area contributed by atoms with Crippen LogP contribution in [0.5, 0.6) is 0 Å². The van der Waals surface area contributed by atoms with Crippen molar-refractivity contribution in [2.75, 3.05) is 11.9 Å². The number of amides is 1. The molecule has 0 bridgehead atoms. The summed E-state index contributed by atoms with van der Waals surface area (Å²) in [7, 11) is -3.50. The van der Waals surface area contributed by atoms with E-state index in [1.54, 1.807) is 17.5 Å². The molecule has 5 nitrogen and oxygen atoms in total. The molecule has 7 heteroatoms. The minimum Gasteiger partial charge on any atom is -0.326 e. The monoisotopic (exact) mass is 322 g/mol. The number of rotatable bonds is 4. The highest BCUT2D eigenvalue weighted by Gasteiger charge is 2.26. The second kappa shape index (κ2) is 5.59. The molecule has 1 atom stereocenters. The Morgan fingerprint density at radius 1 is 1.24 bits per heavy atom. The standard InChI is InChI=1S/C14H14N2O3S2/c17-13-8-10(11-4-1-2-5-12(11)16-13)9-15-21(18,19)14-6-3-7-20-14/h1-7,10,15H,8-9H2,(H,16,17). The van der Waals surface area contributed by atoms with Crippen LogP contribution in [0, 0.1) is 0 Å². The largest absolute Gasteiger partial charge is 0.326 e. The van der Waals surface area contributed by atoms with Crippen LogP contribution in [-0.2, 0) is 14.8 Å². The maximum Gasteiger partial charge on any atom is 0.250 e. The van der Waals surface area contributed by atoms with Crippen LogP contribution >= 0.6 is 11.3 Å². The Kier molecular flexibility index (Phi) is 3.79. The molecule has 2 heterocycles. The smallest absolute Gasteiger partial charge is 0.250 e. The van der Waals surface area contributed by atoms with Gasteiger partial charge < -0.3 is 5.32 Å². The fourth-order valence-corrected chi connectivity index (χ4v) is 4.50. The summed E-state index contributed by atoms with van der Waals surface area (Å²) in [5, 5.41) is 4.52. The fourth-order valence-electron chi connectivity index (χ4n) is 2.38. The summed E-state index contributed by atoms with van der Waals surface area (Å²) in [5.74, 6) is -0.237. The van der Waals surface area contributed by atoms with Crippen molar-refractivity contribution in [3.05, 3.63) is 47.3 Å². The van der Waals surface area contributed by atoms with Crippen LogP contribution in [0.4, 0.5) is 5.69 Å². The van der Waals surface area contributed by atoms with Crippen molar-refractivity contribution in [1.29, 1.82) is 0 Å². The van der Waals surface area contributed by atoms with E-state index in [1.165, 1.54) is 11.3 Å². The molecule has 1 aromatic carbocycles. The second-order valence-corrected chi connectivity index (χ2v) is 7.76. The normalized spacial score (nSPS) is 18.1. The van der Waals surface area contributed by atoms with Crippen molar-refractivity contribution in [2.45, 2.75) is 16.5 Å². The summed E-state index contributed by atoms with van der Waals surface area (Å²) in [5.41, 5.74) is 1.72. The Balaban J connectivity index is 1.79. The van der Waals surface area contributed by atoms with Gasteiger partial charge in [-0.05, 0) is 23.1 Å². The van der Waals surface area contributed by atoms with Crippen molar-refractivity contribution in [3.8, 4) is 0 Å². The lowest BCUT2D eigenvalue weighted by atomic mass is 9.91. The number of sulfonamides is 1. The van der Waals surface area contributed by atoms with Gasteiger partial charge in [-0.15, -0.1) is 11.3 Å². The van der Waals surface area contributed by atoms with Gasteiger partial charge in [0.1, 0.15) is 4.21 Å². The minimum atomic E-state index is -3.50. The Hall–Kier alpha value is -1.70. The Morgan fingerprint density at radius 2 is 2.05 bits per heavy atom. The third-order valence-electron chi connectivity index (χ3n) is 3.39. The van der Waals surface area contributed by atoms with Crippen molar-refractivity contribution in [3.63, 3.8) is 0 Å². The van der Waals surface area contributed by atoms with E-state index in [-0.39, 0.29) is 29.0 Å². The minimum absolute atomic E-state index is 0.0889. The highest BCUT2D eigenvalue weighted by atomic mass is 32.2. The topological polar surface area (TPSA) is 75.3 Å². The number of thiophene rings is 1. The van der Waals surface area contributed by atoms with E-state index in [2.05, 4.69) is 10.0 Å². The van der Waals surface area contributed by atoms with Crippen molar-refractivity contribution in [2.24, 2.45) is 0 Å². The summed E-state index contributed by atoms with van der Waals surface area (Å²) in [6.45, 7) is 0.213. The first-order valence-electron chi connectivity index (χ1n) is 6.48. The predicted octanol–water partition coefficient (Wildman–Crippen LogP) is 2.15.